The van der Waals surface area contributed by atoms with Gasteiger partial charge in [0.05, 0.1) is 10.4 Å². The molecule has 1 unspecified atom stereocenters. The van der Waals surface area contributed by atoms with Crippen molar-refractivity contribution in [2.75, 3.05) is 24.6 Å². The molecule has 1 aliphatic heterocycles. The summed E-state index contributed by atoms with van der Waals surface area (Å²) in [7, 11) is 0. The molecule has 0 bridgehead atoms. The average molecular weight is 274 g/mol. The van der Waals surface area contributed by atoms with E-state index in [2.05, 4.69) is 14.9 Å². The van der Waals surface area contributed by atoms with E-state index >= 15 is 0 Å². The van der Waals surface area contributed by atoms with Gasteiger partial charge in [-0.25, -0.2) is 9.97 Å². The molecule has 1 saturated heterocycles. The monoisotopic (exact) mass is 274 g/mol. The standard InChI is InChI=1S/C13H14N4O3/c18-7-9-3-4-16(6-9)13-11-5-10(17(19)20)1-2-12(11)14-8-15-13/h1-2,5,8-9,18H,3-4,6-7H2. The van der Waals surface area contributed by atoms with Crippen LogP contribution in [0.1, 0.15) is 6.42 Å². The van der Waals surface area contributed by atoms with E-state index in [0.29, 0.717) is 23.3 Å². The zero-order valence-electron chi connectivity index (χ0n) is 10.8. The summed E-state index contributed by atoms with van der Waals surface area (Å²) in [5, 5.41) is 20.8. The molecule has 0 saturated carbocycles. The van der Waals surface area contributed by atoms with Crippen molar-refractivity contribution in [3.63, 3.8) is 0 Å². The highest BCUT2D eigenvalue weighted by atomic mass is 16.6. The highest BCUT2D eigenvalue weighted by Gasteiger charge is 2.24. The van der Waals surface area contributed by atoms with E-state index in [0.717, 1.165) is 13.0 Å². The van der Waals surface area contributed by atoms with Crippen molar-refractivity contribution in [3.05, 3.63) is 34.6 Å². The summed E-state index contributed by atoms with van der Waals surface area (Å²) in [6, 6.07) is 4.59. The molecule has 0 spiro atoms. The molecule has 104 valence electrons. The van der Waals surface area contributed by atoms with E-state index in [9.17, 15) is 15.2 Å². The number of aliphatic hydroxyl groups excluding tert-OH is 1. The molecule has 1 fully saturated rings. The number of nitro groups is 1. The molecule has 20 heavy (non-hydrogen) atoms. The average Bonchev–Trinajstić information content (AvgIpc) is 2.94. The van der Waals surface area contributed by atoms with Gasteiger partial charge in [-0.15, -0.1) is 0 Å². The molecule has 7 heteroatoms. The van der Waals surface area contributed by atoms with Gasteiger partial charge in [-0.3, -0.25) is 10.1 Å². The first-order valence-electron chi connectivity index (χ1n) is 6.44. The van der Waals surface area contributed by atoms with Crippen LogP contribution in [0, 0.1) is 16.0 Å². The Morgan fingerprint density at radius 2 is 2.30 bits per heavy atom. The van der Waals surface area contributed by atoms with Crippen LogP contribution in [0.3, 0.4) is 0 Å². The molecule has 1 aromatic carbocycles. The van der Waals surface area contributed by atoms with E-state index in [1.54, 1.807) is 6.07 Å². The molecule has 0 radical (unpaired) electrons. The van der Waals surface area contributed by atoms with Crippen molar-refractivity contribution in [2.24, 2.45) is 5.92 Å². The van der Waals surface area contributed by atoms with Crippen LogP contribution in [0.25, 0.3) is 10.9 Å². The topological polar surface area (TPSA) is 92.4 Å². The third-order valence-electron chi connectivity index (χ3n) is 3.65. The van der Waals surface area contributed by atoms with Gasteiger partial charge in [0.25, 0.3) is 5.69 Å². The number of anilines is 1. The minimum Gasteiger partial charge on any atom is -0.396 e. The lowest BCUT2D eigenvalue weighted by Gasteiger charge is -2.18. The maximum atomic E-state index is 10.9. The second-order valence-corrected chi connectivity index (χ2v) is 4.94. The van der Waals surface area contributed by atoms with E-state index in [1.165, 1.54) is 18.5 Å². The lowest BCUT2D eigenvalue weighted by atomic mass is 10.1. The van der Waals surface area contributed by atoms with Crippen molar-refractivity contribution in [3.8, 4) is 0 Å². The Morgan fingerprint density at radius 3 is 3.00 bits per heavy atom. The van der Waals surface area contributed by atoms with E-state index < -0.39 is 4.92 Å². The smallest absolute Gasteiger partial charge is 0.270 e. The quantitative estimate of drug-likeness (QED) is 0.671. The van der Waals surface area contributed by atoms with E-state index in [1.807, 2.05) is 0 Å². The maximum Gasteiger partial charge on any atom is 0.270 e. The highest BCUT2D eigenvalue weighted by Crippen LogP contribution is 2.30. The Morgan fingerprint density at radius 1 is 1.45 bits per heavy atom. The van der Waals surface area contributed by atoms with Gasteiger partial charge in [0.1, 0.15) is 12.1 Å². The third-order valence-corrected chi connectivity index (χ3v) is 3.65. The summed E-state index contributed by atoms with van der Waals surface area (Å²) >= 11 is 0. The molecule has 7 nitrogen and oxygen atoms in total. The Labute approximate surface area is 115 Å². The number of hydrogen-bond acceptors (Lipinski definition) is 6. The van der Waals surface area contributed by atoms with Crippen LogP contribution in [0.2, 0.25) is 0 Å². The summed E-state index contributed by atoms with van der Waals surface area (Å²) in [5.41, 5.74) is 0.722. The summed E-state index contributed by atoms with van der Waals surface area (Å²) in [4.78, 5) is 20.9. The van der Waals surface area contributed by atoms with Crippen LogP contribution in [0.4, 0.5) is 11.5 Å². The fourth-order valence-electron chi connectivity index (χ4n) is 2.57. The van der Waals surface area contributed by atoms with Crippen LogP contribution < -0.4 is 4.90 Å². The minimum atomic E-state index is -0.420. The summed E-state index contributed by atoms with van der Waals surface area (Å²) in [5.74, 6) is 0.938. The molecular formula is C13H14N4O3. The van der Waals surface area contributed by atoms with Gasteiger partial charge in [-0.1, -0.05) is 0 Å². The lowest BCUT2D eigenvalue weighted by molar-refractivity contribution is -0.384. The van der Waals surface area contributed by atoms with Crippen LogP contribution in [-0.4, -0.2) is 39.7 Å². The molecular weight excluding hydrogens is 260 g/mol. The van der Waals surface area contributed by atoms with Gasteiger partial charge in [0.15, 0.2) is 0 Å². The molecule has 0 amide bonds. The molecule has 0 aliphatic carbocycles. The molecule has 1 aliphatic rings. The number of nitrogens with zero attached hydrogens (tertiary/aromatic N) is 4. The van der Waals surface area contributed by atoms with Crippen molar-refractivity contribution in [1.82, 2.24) is 9.97 Å². The van der Waals surface area contributed by atoms with Crippen LogP contribution in [0.15, 0.2) is 24.5 Å². The van der Waals surface area contributed by atoms with Gasteiger partial charge in [0.2, 0.25) is 0 Å². The van der Waals surface area contributed by atoms with Gasteiger partial charge in [-0.2, -0.15) is 0 Å². The lowest BCUT2D eigenvalue weighted by Crippen LogP contribution is -2.22. The van der Waals surface area contributed by atoms with Crippen molar-refractivity contribution >= 4 is 22.4 Å². The molecule has 2 heterocycles. The zero-order chi connectivity index (χ0) is 14.1. The zero-order valence-corrected chi connectivity index (χ0v) is 10.8. The van der Waals surface area contributed by atoms with Gasteiger partial charge < -0.3 is 10.0 Å². The molecule has 1 atom stereocenters. The van der Waals surface area contributed by atoms with Gasteiger partial charge in [-0.05, 0) is 12.5 Å². The molecule has 2 aromatic rings. The summed E-state index contributed by atoms with van der Waals surface area (Å²) in [6.07, 6.45) is 2.37. The Bertz CT molecular complexity index is 661. The highest BCUT2D eigenvalue weighted by molar-refractivity contribution is 5.91. The summed E-state index contributed by atoms with van der Waals surface area (Å²) < 4.78 is 0. The predicted molar refractivity (Wildman–Crippen MR) is 73.6 cm³/mol. The molecule has 1 N–H and O–H groups in total. The Balaban J connectivity index is 2.06. The van der Waals surface area contributed by atoms with Gasteiger partial charge >= 0.3 is 0 Å². The first-order chi connectivity index (χ1) is 9.69. The second-order valence-electron chi connectivity index (χ2n) is 4.94. The van der Waals surface area contributed by atoms with Crippen molar-refractivity contribution < 1.29 is 10.0 Å². The first kappa shape index (κ1) is 12.7. The Hall–Kier alpha value is -2.28. The number of fused-ring (bicyclic) bond motifs is 1. The number of rotatable bonds is 3. The third kappa shape index (κ3) is 2.16. The van der Waals surface area contributed by atoms with Crippen LogP contribution >= 0.6 is 0 Å². The predicted octanol–water partition coefficient (Wildman–Crippen LogP) is 1.36. The van der Waals surface area contributed by atoms with Crippen LogP contribution in [-0.2, 0) is 0 Å². The first-order valence-corrected chi connectivity index (χ1v) is 6.44. The number of non-ortho nitro benzene ring substituents is 1. The molecule has 3 rings (SSSR count). The van der Waals surface area contributed by atoms with Crippen LogP contribution in [0.5, 0.6) is 0 Å². The fourth-order valence-corrected chi connectivity index (χ4v) is 2.57. The largest absolute Gasteiger partial charge is 0.396 e. The summed E-state index contributed by atoms with van der Waals surface area (Å²) in [6.45, 7) is 1.66. The minimum absolute atomic E-state index is 0.0338. The Kier molecular flexibility index (Phi) is 3.19. The van der Waals surface area contributed by atoms with Gasteiger partial charge in [0, 0.05) is 43.1 Å². The number of aliphatic hydroxyl groups is 1. The maximum absolute atomic E-state index is 10.9. The number of benzene rings is 1. The van der Waals surface area contributed by atoms with Crippen molar-refractivity contribution in [1.29, 1.82) is 0 Å². The number of hydrogen-bond donors (Lipinski definition) is 1. The van der Waals surface area contributed by atoms with Crippen molar-refractivity contribution in [2.45, 2.75) is 6.42 Å². The second kappa shape index (κ2) is 5.01. The normalized spacial score (nSPS) is 18.6. The SMILES string of the molecule is O=[N+]([O-])c1ccc2ncnc(N3CCC(CO)C3)c2c1. The fraction of sp³-hybridized carbons (Fsp3) is 0.385. The number of aromatic nitrogens is 2. The number of nitro benzene ring substituents is 1. The molecule has 1 aromatic heterocycles. The van der Waals surface area contributed by atoms with E-state index in [4.69, 9.17) is 0 Å². The van der Waals surface area contributed by atoms with E-state index in [-0.39, 0.29) is 18.2 Å².